The first-order valence-corrected chi connectivity index (χ1v) is 32.1. The molecule has 0 spiro atoms. The molecule has 0 fully saturated rings. The van der Waals surface area contributed by atoms with E-state index < -0.39 is 0 Å². The van der Waals surface area contributed by atoms with Crippen LogP contribution in [0.2, 0.25) is 0 Å². The zero-order chi connectivity index (χ0) is 66.1. The van der Waals surface area contributed by atoms with Crippen LogP contribution in [0.4, 0.5) is 97.2 Å². The number of hydrogen-bond acceptors (Lipinski definition) is 6. The van der Waals surface area contributed by atoms with Crippen molar-refractivity contribution in [1.82, 2.24) is 0 Å². The highest BCUT2D eigenvalue weighted by Gasteiger charge is 2.21. The van der Waals surface area contributed by atoms with Crippen molar-refractivity contribution < 1.29 is 22.0 Å². The summed E-state index contributed by atoms with van der Waals surface area (Å²) >= 11 is 0. The van der Waals surface area contributed by atoms with Gasteiger partial charge >= 0.3 is 0 Å². The van der Waals surface area contributed by atoms with Crippen LogP contribution in [-0.2, 0) is 0 Å². The van der Waals surface area contributed by atoms with Gasteiger partial charge in [0.2, 0.25) is 0 Å². The van der Waals surface area contributed by atoms with Gasteiger partial charge in [0, 0.05) is 97.4 Å². The molecule has 15 aromatic rings. The lowest BCUT2D eigenvalue weighted by atomic mass is 10.0. The molecule has 1 heterocycles. The van der Waals surface area contributed by atoms with Gasteiger partial charge in [0.05, 0.1) is 0 Å². The molecule has 0 aliphatic rings. The lowest BCUT2D eigenvalue weighted by Gasteiger charge is -2.27. The average Bonchev–Trinajstić information content (AvgIpc) is 1.66. The summed E-state index contributed by atoms with van der Waals surface area (Å²) in [6.07, 6.45) is 0. The van der Waals surface area contributed by atoms with Gasteiger partial charge in [-0.25, -0.2) is 17.6 Å². The molecule has 0 saturated carbocycles. The number of furan rings is 1. The van der Waals surface area contributed by atoms with Gasteiger partial charge in [-0.2, -0.15) is 0 Å². The highest BCUT2D eigenvalue weighted by molar-refractivity contribution is 6.08. The number of nitrogens with zero attached hydrogens (tertiary/aromatic N) is 5. The lowest BCUT2D eigenvalue weighted by Crippen LogP contribution is -2.10. The molecule has 470 valence electrons. The first-order valence-electron chi connectivity index (χ1n) is 32.1. The first kappa shape index (κ1) is 60.8. The van der Waals surface area contributed by atoms with Crippen LogP contribution in [0.15, 0.2) is 332 Å². The van der Waals surface area contributed by atoms with Gasteiger partial charge in [0.25, 0.3) is 0 Å². The van der Waals surface area contributed by atoms with E-state index in [4.69, 9.17) is 4.42 Å². The maximum absolute atomic E-state index is 15.1. The van der Waals surface area contributed by atoms with Crippen LogP contribution in [0.3, 0.4) is 0 Å². The molecule has 0 aliphatic carbocycles. The second kappa shape index (κ2) is 26.2. The fourth-order valence-electron chi connectivity index (χ4n) is 12.9. The van der Waals surface area contributed by atoms with Crippen molar-refractivity contribution >= 4 is 102 Å². The Morgan fingerprint density at radius 3 is 0.732 bits per heavy atom. The number of aryl methyl sites for hydroxylation is 2. The van der Waals surface area contributed by atoms with Crippen LogP contribution in [0.25, 0.3) is 55.3 Å². The summed E-state index contributed by atoms with van der Waals surface area (Å²) in [5.74, 6) is -1.36. The molecule has 15 rings (SSSR count). The van der Waals surface area contributed by atoms with E-state index in [2.05, 4.69) is 187 Å². The number of hydrogen-bond donors (Lipinski definition) is 0. The zero-order valence-electron chi connectivity index (χ0n) is 53.3. The minimum Gasteiger partial charge on any atom is -0.456 e. The third kappa shape index (κ3) is 12.7. The highest BCUT2D eigenvalue weighted by atomic mass is 19.1. The fraction of sp³-hybridized carbons (Fsp3) is 0.0345. The SMILES string of the molecule is Cc1cccc(N(c2ccc(-c3ccc(N(c4ccc(-c5ccc(N(c6ccc(-c7ccc(N(c8cccc(F)c8)c8ccc9oc%10ccc(N(C)c%11cccc(F)c%11)cc%10c9c8)cc7)cc6)c6cccc(F)c6)cc5)cc4)c4cccc(F)c4)cc3)cc2)c2cccc(C)c2)c1. The summed E-state index contributed by atoms with van der Waals surface area (Å²) in [6, 6.07) is 105. The molecular formula is C87H63F4N5O. The molecule has 0 unspecified atom stereocenters. The Hall–Kier alpha value is -12.4. The molecule has 0 radical (unpaired) electrons. The van der Waals surface area contributed by atoms with E-state index in [1.807, 2.05) is 113 Å². The zero-order valence-corrected chi connectivity index (χ0v) is 53.3. The van der Waals surface area contributed by atoms with Gasteiger partial charge in [0.1, 0.15) is 34.4 Å². The molecule has 0 atom stereocenters. The molecule has 0 amide bonds. The Morgan fingerprint density at radius 2 is 0.433 bits per heavy atom. The fourth-order valence-corrected chi connectivity index (χ4v) is 12.9. The number of halogens is 4. The Kier molecular flexibility index (Phi) is 16.4. The molecular weight excluding hydrogens is 1210 g/mol. The summed E-state index contributed by atoms with van der Waals surface area (Å²) in [4.78, 5) is 10.3. The second-order valence-corrected chi connectivity index (χ2v) is 24.2. The van der Waals surface area contributed by atoms with Crippen molar-refractivity contribution in [3.05, 3.63) is 362 Å². The monoisotopic (exact) mass is 1270 g/mol. The second-order valence-electron chi connectivity index (χ2n) is 24.2. The number of benzene rings is 14. The largest absolute Gasteiger partial charge is 0.456 e. The minimum atomic E-state index is -0.363. The molecule has 0 saturated heterocycles. The van der Waals surface area contributed by atoms with E-state index in [0.717, 1.165) is 101 Å². The Bertz CT molecular complexity index is 5280. The summed E-state index contributed by atoms with van der Waals surface area (Å²) in [5, 5.41) is 1.76. The van der Waals surface area contributed by atoms with Crippen molar-refractivity contribution in [2.75, 3.05) is 31.5 Å². The summed E-state index contributed by atoms with van der Waals surface area (Å²) in [7, 11) is 1.90. The van der Waals surface area contributed by atoms with Gasteiger partial charge in [-0.1, -0.05) is 121 Å². The van der Waals surface area contributed by atoms with Crippen LogP contribution < -0.4 is 24.5 Å². The molecule has 1 aromatic heterocycles. The number of anilines is 14. The van der Waals surface area contributed by atoms with Crippen molar-refractivity contribution in [3.8, 4) is 33.4 Å². The molecule has 0 aliphatic heterocycles. The Labute approximate surface area is 561 Å². The normalized spacial score (nSPS) is 11.2. The van der Waals surface area contributed by atoms with Crippen LogP contribution in [0.5, 0.6) is 0 Å². The molecule has 0 bridgehead atoms. The number of rotatable bonds is 17. The predicted molar refractivity (Wildman–Crippen MR) is 393 cm³/mol. The maximum Gasteiger partial charge on any atom is 0.135 e. The van der Waals surface area contributed by atoms with Crippen LogP contribution in [0.1, 0.15) is 11.1 Å². The van der Waals surface area contributed by atoms with E-state index in [0.29, 0.717) is 33.9 Å². The van der Waals surface area contributed by atoms with E-state index >= 15 is 13.2 Å². The first-order chi connectivity index (χ1) is 47.4. The third-order valence-electron chi connectivity index (χ3n) is 17.7. The molecule has 14 aromatic carbocycles. The van der Waals surface area contributed by atoms with Gasteiger partial charge < -0.3 is 28.9 Å². The van der Waals surface area contributed by atoms with Gasteiger partial charge in [-0.3, -0.25) is 0 Å². The topological polar surface area (TPSA) is 29.3 Å². The smallest absolute Gasteiger partial charge is 0.135 e. The summed E-state index contributed by atoms with van der Waals surface area (Å²) in [5.41, 5.74) is 21.6. The van der Waals surface area contributed by atoms with Crippen LogP contribution in [-0.4, -0.2) is 7.05 Å². The average molecular weight is 1270 g/mol. The van der Waals surface area contributed by atoms with E-state index in [-0.39, 0.29) is 23.3 Å². The number of fused-ring (bicyclic) bond motifs is 3. The molecule has 6 nitrogen and oxygen atoms in total. The molecule has 10 heteroatoms. The van der Waals surface area contributed by atoms with Gasteiger partial charge in [-0.15, -0.1) is 0 Å². The van der Waals surface area contributed by atoms with Crippen molar-refractivity contribution in [3.63, 3.8) is 0 Å². The quantitative estimate of drug-likeness (QED) is 0.0844. The Balaban J connectivity index is 0.677. The van der Waals surface area contributed by atoms with Crippen molar-refractivity contribution in [2.24, 2.45) is 0 Å². The maximum atomic E-state index is 15.1. The minimum absolute atomic E-state index is 0.314. The van der Waals surface area contributed by atoms with Crippen LogP contribution >= 0.6 is 0 Å². The molecule has 97 heavy (non-hydrogen) atoms. The summed E-state index contributed by atoms with van der Waals surface area (Å²) < 4.78 is 65.9. The highest BCUT2D eigenvalue weighted by Crippen LogP contribution is 2.44. The van der Waals surface area contributed by atoms with E-state index in [9.17, 15) is 4.39 Å². The Morgan fingerprint density at radius 1 is 0.216 bits per heavy atom. The van der Waals surface area contributed by atoms with Crippen molar-refractivity contribution in [1.29, 1.82) is 0 Å². The lowest BCUT2D eigenvalue weighted by molar-refractivity contribution is 0.627. The summed E-state index contributed by atoms with van der Waals surface area (Å²) in [6.45, 7) is 4.23. The standard InChI is InChI=1S/C87H63F4N5O/c1-58-10-4-17-78(50-58)95(79-18-5-11-59(2)51-79)74-42-30-64(31-43-74)62-26-38-72(39-27-62)93(80-19-7-13-67(89)53-80)70-34-22-60(23-35-70)61-24-36-71(37-25-61)94(81-20-8-14-68(90)54-81)73-40-28-63(29-41-73)65-32-44-75(45-33-65)96(82-21-9-15-69(91)55-82)83-47-49-87-85(57-83)84-56-77(46-48-86(84)97-87)92(3)76-16-6-12-66(88)52-76/h4-57H,1-3H3. The van der Waals surface area contributed by atoms with Gasteiger partial charge in [-0.05, 0) is 265 Å². The third-order valence-corrected chi connectivity index (χ3v) is 17.7. The van der Waals surface area contributed by atoms with Gasteiger partial charge in [0.15, 0.2) is 0 Å². The van der Waals surface area contributed by atoms with Crippen LogP contribution in [0, 0.1) is 37.1 Å². The van der Waals surface area contributed by atoms with Crippen molar-refractivity contribution in [2.45, 2.75) is 13.8 Å². The van der Waals surface area contributed by atoms with E-state index in [1.165, 1.54) is 53.6 Å². The predicted octanol–water partition coefficient (Wildman–Crippen LogP) is 25.4. The van der Waals surface area contributed by atoms with E-state index in [1.54, 1.807) is 30.3 Å². The molecule has 0 N–H and O–H groups in total.